The van der Waals surface area contributed by atoms with Crippen LogP contribution >= 0.6 is 0 Å². The van der Waals surface area contributed by atoms with Crippen molar-refractivity contribution in [2.24, 2.45) is 0 Å². The molecule has 0 saturated carbocycles. The molecule has 9 N–H and O–H groups in total. The van der Waals surface area contributed by atoms with Crippen LogP contribution in [0, 0.1) is 0 Å². The minimum Gasteiger partial charge on any atom is -0.477 e. The molecule has 10 atom stereocenters. The van der Waals surface area contributed by atoms with E-state index in [1.807, 2.05) is 0 Å². The molecule has 14 heteroatoms. The maximum atomic E-state index is 12.1. The summed E-state index contributed by atoms with van der Waals surface area (Å²) in [5, 5.41) is 81.7. The van der Waals surface area contributed by atoms with E-state index in [0.29, 0.717) is 0 Å². The van der Waals surface area contributed by atoms with Crippen molar-refractivity contribution in [1.82, 2.24) is 5.32 Å². The molecule has 2 fully saturated rings. The van der Waals surface area contributed by atoms with Crippen molar-refractivity contribution in [1.29, 1.82) is 0 Å². The lowest BCUT2D eigenvalue weighted by atomic mass is 9.88. The van der Waals surface area contributed by atoms with Gasteiger partial charge in [0, 0.05) is 13.3 Å². The molecule has 0 aromatic carbocycles. The molecule has 0 aliphatic carbocycles. The number of carbonyl (C=O) groups excluding carboxylic acids is 1. The van der Waals surface area contributed by atoms with Crippen LogP contribution in [-0.2, 0) is 23.8 Å². The van der Waals surface area contributed by atoms with Crippen LogP contribution in [-0.4, -0.2) is 133 Å². The molecule has 2 saturated heterocycles. The molecule has 180 valence electrons. The van der Waals surface area contributed by atoms with Crippen LogP contribution in [0.15, 0.2) is 0 Å². The van der Waals surface area contributed by atoms with E-state index in [2.05, 4.69) is 5.32 Å². The number of hydrogen-bond acceptors (Lipinski definition) is 12. The molecule has 0 aromatic heterocycles. The van der Waals surface area contributed by atoms with Crippen molar-refractivity contribution in [2.45, 2.75) is 74.0 Å². The highest BCUT2D eigenvalue weighted by Crippen LogP contribution is 2.36. The molecule has 2 rings (SSSR count). The maximum Gasteiger partial charge on any atom is 0.364 e. The van der Waals surface area contributed by atoms with Gasteiger partial charge in [-0.1, -0.05) is 0 Å². The van der Waals surface area contributed by atoms with Gasteiger partial charge in [0.2, 0.25) is 5.91 Å². The molecule has 2 aliphatic rings. The van der Waals surface area contributed by atoms with Crippen LogP contribution in [0.3, 0.4) is 0 Å². The average molecular weight is 455 g/mol. The Balaban J connectivity index is 2.39. The summed E-state index contributed by atoms with van der Waals surface area (Å²) in [5.41, 5.74) is 0. The number of rotatable bonds is 8. The minimum absolute atomic E-state index is 0.408. The summed E-state index contributed by atoms with van der Waals surface area (Å²) in [6.45, 7) is -0.917. The Morgan fingerprint density at radius 3 is 2.35 bits per heavy atom. The molecule has 0 radical (unpaired) electrons. The van der Waals surface area contributed by atoms with Crippen LogP contribution < -0.4 is 5.32 Å². The van der Waals surface area contributed by atoms with Crippen LogP contribution in [0.25, 0.3) is 0 Å². The summed E-state index contributed by atoms with van der Waals surface area (Å²) >= 11 is 0. The first-order chi connectivity index (χ1) is 14.5. The number of nitrogens with one attached hydrogen (secondary N) is 1. The largest absolute Gasteiger partial charge is 0.477 e. The summed E-state index contributed by atoms with van der Waals surface area (Å²) in [6.07, 6.45) is -14.1. The normalized spacial score (nSPS) is 40.7. The number of carbonyl (C=O) groups is 2. The Hall–Kier alpha value is -1.46. The van der Waals surface area contributed by atoms with E-state index < -0.39 is 98.8 Å². The average Bonchev–Trinajstić information content (AvgIpc) is 2.71. The number of aliphatic hydroxyl groups excluding tert-OH is 7. The fraction of sp³-hybridized carbons (Fsp3) is 0.882. The van der Waals surface area contributed by atoms with Crippen LogP contribution in [0.4, 0.5) is 0 Å². The zero-order valence-electron chi connectivity index (χ0n) is 16.6. The van der Waals surface area contributed by atoms with E-state index in [1.54, 1.807) is 0 Å². The molecule has 0 spiro atoms. The highest BCUT2D eigenvalue weighted by atomic mass is 16.7. The van der Waals surface area contributed by atoms with Gasteiger partial charge < -0.3 is 60.4 Å². The maximum absolute atomic E-state index is 12.1. The summed E-state index contributed by atoms with van der Waals surface area (Å²) < 4.78 is 15.9. The van der Waals surface area contributed by atoms with Crippen molar-refractivity contribution in [3.63, 3.8) is 0 Å². The van der Waals surface area contributed by atoms with Gasteiger partial charge >= 0.3 is 5.97 Å². The predicted molar refractivity (Wildman–Crippen MR) is 96.3 cm³/mol. The Bertz CT molecular complexity index is 635. The SMILES string of the molecule is CC(=O)NC1C(O)CC(OC2C(O)COC(CO)C2O)(C(=O)O)OC1C(O)C(O)CO. The van der Waals surface area contributed by atoms with Gasteiger partial charge in [-0.2, -0.15) is 0 Å². The monoisotopic (exact) mass is 455 g/mol. The van der Waals surface area contributed by atoms with Gasteiger partial charge in [0.15, 0.2) is 0 Å². The molecule has 31 heavy (non-hydrogen) atoms. The van der Waals surface area contributed by atoms with E-state index in [1.165, 1.54) is 0 Å². The number of amides is 1. The Morgan fingerprint density at radius 2 is 1.84 bits per heavy atom. The first-order valence-corrected chi connectivity index (χ1v) is 9.57. The number of carboxylic acid groups (broad SMARTS) is 1. The number of carboxylic acids is 1. The van der Waals surface area contributed by atoms with Gasteiger partial charge in [-0.15, -0.1) is 0 Å². The first-order valence-electron chi connectivity index (χ1n) is 9.57. The second-order valence-electron chi connectivity index (χ2n) is 7.57. The molecule has 10 unspecified atom stereocenters. The molecule has 0 bridgehead atoms. The molecule has 14 nitrogen and oxygen atoms in total. The lowest BCUT2D eigenvalue weighted by Crippen LogP contribution is -2.69. The lowest BCUT2D eigenvalue weighted by molar-refractivity contribution is -0.347. The van der Waals surface area contributed by atoms with Crippen LogP contribution in [0.5, 0.6) is 0 Å². The summed E-state index contributed by atoms with van der Waals surface area (Å²) in [7, 11) is 0. The van der Waals surface area contributed by atoms with Crippen molar-refractivity contribution in [2.75, 3.05) is 19.8 Å². The van der Waals surface area contributed by atoms with Crippen molar-refractivity contribution in [3.8, 4) is 0 Å². The number of hydrogen-bond donors (Lipinski definition) is 9. The highest BCUT2D eigenvalue weighted by Gasteiger charge is 2.58. The van der Waals surface area contributed by atoms with Crippen LogP contribution in [0.1, 0.15) is 13.3 Å². The molecule has 2 aliphatic heterocycles. The standard InChI is InChI=1S/C17H29NO13/c1-6(21)18-11-7(22)2-17(16(27)28,31-15(11)12(25)8(23)3-19)30-14-9(24)5-29-10(4-20)13(14)26/h7-15,19-20,22-26H,2-5H2,1H3,(H,18,21)(H,27,28). The summed E-state index contributed by atoms with van der Waals surface area (Å²) in [5.74, 6) is -5.19. The van der Waals surface area contributed by atoms with E-state index in [-0.39, 0.29) is 0 Å². The zero-order chi connectivity index (χ0) is 23.5. The Morgan fingerprint density at radius 1 is 1.19 bits per heavy atom. The fourth-order valence-electron chi connectivity index (χ4n) is 3.63. The minimum atomic E-state index is -2.74. The quantitative estimate of drug-likeness (QED) is 0.166. The zero-order valence-corrected chi connectivity index (χ0v) is 16.6. The van der Waals surface area contributed by atoms with Gasteiger partial charge in [-0.05, 0) is 0 Å². The summed E-state index contributed by atoms with van der Waals surface area (Å²) in [4.78, 5) is 23.6. The van der Waals surface area contributed by atoms with Crippen molar-refractivity contribution >= 4 is 11.9 Å². The van der Waals surface area contributed by atoms with E-state index >= 15 is 0 Å². The fourth-order valence-corrected chi connectivity index (χ4v) is 3.63. The molecular weight excluding hydrogens is 426 g/mol. The molecule has 1 amide bonds. The van der Waals surface area contributed by atoms with Crippen molar-refractivity contribution < 1.29 is 64.7 Å². The number of ether oxygens (including phenoxy) is 3. The molecule has 2 heterocycles. The Labute approximate surface area is 176 Å². The second kappa shape index (κ2) is 10.4. The third-order valence-corrected chi connectivity index (χ3v) is 5.27. The number of aliphatic carboxylic acids is 1. The summed E-state index contributed by atoms with van der Waals surface area (Å²) in [6, 6.07) is -1.39. The van der Waals surface area contributed by atoms with Crippen LogP contribution in [0.2, 0.25) is 0 Å². The van der Waals surface area contributed by atoms with Gasteiger partial charge in [0.05, 0.1) is 32.0 Å². The van der Waals surface area contributed by atoms with E-state index in [4.69, 9.17) is 19.3 Å². The van der Waals surface area contributed by atoms with Gasteiger partial charge in [-0.3, -0.25) is 4.79 Å². The third-order valence-electron chi connectivity index (χ3n) is 5.27. The Kier molecular flexibility index (Phi) is 8.69. The highest BCUT2D eigenvalue weighted by molar-refractivity contribution is 5.76. The lowest BCUT2D eigenvalue weighted by Gasteiger charge is -2.49. The van der Waals surface area contributed by atoms with Gasteiger partial charge in [0.25, 0.3) is 5.79 Å². The van der Waals surface area contributed by atoms with Crippen molar-refractivity contribution in [3.05, 3.63) is 0 Å². The van der Waals surface area contributed by atoms with Gasteiger partial charge in [0.1, 0.15) is 42.7 Å². The second-order valence-corrected chi connectivity index (χ2v) is 7.57. The topological polar surface area (TPSA) is 236 Å². The third kappa shape index (κ3) is 5.48. The van der Waals surface area contributed by atoms with Gasteiger partial charge in [-0.25, -0.2) is 4.79 Å². The van der Waals surface area contributed by atoms with E-state index in [9.17, 15) is 45.3 Å². The number of aliphatic hydroxyl groups is 7. The van der Waals surface area contributed by atoms with E-state index in [0.717, 1.165) is 6.92 Å². The smallest absolute Gasteiger partial charge is 0.364 e. The molecule has 0 aromatic rings. The first kappa shape index (κ1) is 25.8. The molecular formula is C17H29NO13. The predicted octanol–water partition coefficient (Wildman–Crippen LogP) is -5.37.